The van der Waals surface area contributed by atoms with Crippen LogP contribution in [0.3, 0.4) is 0 Å². The molecule has 128 valence electrons. The van der Waals surface area contributed by atoms with Gasteiger partial charge in [-0.25, -0.2) is 19.2 Å². The van der Waals surface area contributed by atoms with E-state index < -0.39 is 24.4 Å². The van der Waals surface area contributed by atoms with Crippen LogP contribution in [0.4, 0.5) is 19.2 Å². The van der Waals surface area contributed by atoms with Crippen LogP contribution in [-0.2, 0) is 0 Å². The molecular weight excluding hydrogens is 304 g/mol. The Kier molecular flexibility index (Phi) is 19.3. The second-order valence-corrected chi connectivity index (χ2v) is 2.93. The summed E-state index contributed by atoms with van der Waals surface area (Å²) in [6.45, 7) is 6.34. The van der Waals surface area contributed by atoms with E-state index in [9.17, 15) is 19.2 Å². The first-order valence-corrected chi connectivity index (χ1v) is 5.63. The molecular formula is C10H20N4O8. The summed E-state index contributed by atoms with van der Waals surface area (Å²) in [5.74, 6) is 0. The molecule has 0 bridgehead atoms. The van der Waals surface area contributed by atoms with Crippen LogP contribution in [0.15, 0.2) is 13.2 Å². The van der Waals surface area contributed by atoms with Gasteiger partial charge < -0.3 is 41.7 Å². The quantitative estimate of drug-likeness (QED) is 0.243. The minimum absolute atomic E-state index is 0.0850. The lowest BCUT2D eigenvalue weighted by molar-refractivity contribution is 0.189. The zero-order valence-corrected chi connectivity index (χ0v) is 11.7. The van der Waals surface area contributed by atoms with Crippen LogP contribution in [0.5, 0.6) is 0 Å². The second kappa shape index (κ2) is 17.8. The predicted octanol–water partition coefficient (Wildman–Crippen LogP) is -0.155. The minimum atomic E-state index is -1.16. The number of hydrogen-bond acceptors (Lipinski definition) is 4. The third-order valence-corrected chi connectivity index (χ3v) is 1.35. The van der Waals surface area contributed by atoms with Gasteiger partial charge in [-0.3, -0.25) is 0 Å². The lowest BCUT2D eigenvalue weighted by atomic mass is 10.6. The SMILES string of the molecule is C=C.O=C(O)NCCNC(=O)O.O=C(O)NCCNC(=O)O. The molecule has 0 unspecified atom stereocenters. The molecule has 0 atom stereocenters. The summed E-state index contributed by atoms with van der Waals surface area (Å²) in [5.41, 5.74) is 0. The fraction of sp³-hybridized carbons (Fsp3) is 0.400. The highest BCUT2D eigenvalue weighted by molar-refractivity contribution is 5.66. The normalized spacial score (nSPS) is 7.82. The summed E-state index contributed by atoms with van der Waals surface area (Å²) >= 11 is 0. The van der Waals surface area contributed by atoms with Crippen molar-refractivity contribution in [1.29, 1.82) is 0 Å². The lowest BCUT2D eigenvalue weighted by Gasteiger charge is -1.99. The standard InChI is InChI=1S/2C4H8N2O4.C2H4/c2*7-3(8)5-1-2-6-4(9)10;1-2/h2*5-6H,1-2H2,(H,7,8)(H,9,10);1-2H2. The molecule has 0 spiro atoms. The fourth-order valence-corrected chi connectivity index (χ4v) is 0.678. The average molecular weight is 324 g/mol. The molecule has 0 aromatic rings. The number of carbonyl (C=O) groups is 4. The molecule has 12 heteroatoms. The molecule has 0 aliphatic heterocycles. The van der Waals surface area contributed by atoms with E-state index in [0.717, 1.165) is 0 Å². The molecule has 0 aliphatic rings. The van der Waals surface area contributed by atoms with Gasteiger partial charge in [0.1, 0.15) is 0 Å². The van der Waals surface area contributed by atoms with Crippen LogP contribution < -0.4 is 21.3 Å². The van der Waals surface area contributed by atoms with Crippen molar-refractivity contribution in [3.8, 4) is 0 Å². The van der Waals surface area contributed by atoms with E-state index in [1.54, 1.807) is 0 Å². The highest BCUT2D eigenvalue weighted by Crippen LogP contribution is 1.63. The van der Waals surface area contributed by atoms with Crippen LogP contribution >= 0.6 is 0 Å². The van der Waals surface area contributed by atoms with Gasteiger partial charge in [-0.1, -0.05) is 0 Å². The van der Waals surface area contributed by atoms with E-state index >= 15 is 0 Å². The summed E-state index contributed by atoms with van der Waals surface area (Å²) in [6.07, 6.45) is -4.64. The highest BCUT2D eigenvalue weighted by atomic mass is 16.4. The van der Waals surface area contributed by atoms with Crippen molar-refractivity contribution in [3.05, 3.63) is 13.2 Å². The molecule has 0 heterocycles. The summed E-state index contributed by atoms with van der Waals surface area (Å²) in [4.78, 5) is 39.0. The van der Waals surface area contributed by atoms with Gasteiger partial charge in [0.25, 0.3) is 0 Å². The van der Waals surface area contributed by atoms with Gasteiger partial charge in [0, 0.05) is 26.2 Å². The van der Waals surface area contributed by atoms with Crippen LogP contribution in [0.2, 0.25) is 0 Å². The molecule has 0 saturated heterocycles. The summed E-state index contributed by atoms with van der Waals surface area (Å²) in [5, 5.41) is 39.9. The van der Waals surface area contributed by atoms with E-state index in [-0.39, 0.29) is 26.2 Å². The van der Waals surface area contributed by atoms with Gasteiger partial charge in [0.2, 0.25) is 0 Å². The van der Waals surface area contributed by atoms with Crippen molar-refractivity contribution in [2.24, 2.45) is 0 Å². The summed E-state index contributed by atoms with van der Waals surface area (Å²) < 4.78 is 0. The Morgan fingerprint density at radius 1 is 0.545 bits per heavy atom. The van der Waals surface area contributed by atoms with Crippen LogP contribution in [0, 0.1) is 0 Å². The molecule has 12 nitrogen and oxygen atoms in total. The van der Waals surface area contributed by atoms with Crippen molar-refractivity contribution in [2.45, 2.75) is 0 Å². The van der Waals surface area contributed by atoms with Crippen molar-refractivity contribution < 1.29 is 39.6 Å². The Balaban J connectivity index is -0.000000294. The zero-order chi connectivity index (χ0) is 18.0. The van der Waals surface area contributed by atoms with Gasteiger partial charge in [0.15, 0.2) is 0 Å². The Hall–Kier alpha value is -3.18. The van der Waals surface area contributed by atoms with E-state index in [2.05, 4.69) is 13.2 Å². The lowest BCUT2D eigenvalue weighted by Crippen LogP contribution is -2.32. The van der Waals surface area contributed by atoms with E-state index in [1.165, 1.54) is 0 Å². The minimum Gasteiger partial charge on any atom is -0.465 e. The van der Waals surface area contributed by atoms with Crippen LogP contribution in [-0.4, -0.2) is 71.0 Å². The first kappa shape index (κ1) is 23.9. The zero-order valence-electron chi connectivity index (χ0n) is 11.7. The number of amides is 4. The first-order valence-electron chi connectivity index (χ1n) is 5.63. The number of rotatable bonds is 6. The van der Waals surface area contributed by atoms with Crippen molar-refractivity contribution >= 4 is 24.4 Å². The van der Waals surface area contributed by atoms with Gasteiger partial charge in [-0.2, -0.15) is 0 Å². The predicted molar refractivity (Wildman–Crippen MR) is 75.4 cm³/mol. The smallest absolute Gasteiger partial charge is 0.404 e. The van der Waals surface area contributed by atoms with Gasteiger partial charge in [-0.15, -0.1) is 13.2 Å². The largest absolute Gasteiger partial charge is 0.465 e. The average Bonchev–Trinajstić information content (AvgIpc) is 2.42. The molecule has 22 heavy (non-hydrogen) atoms. The molecule has 0 aliphatic carbocycles. The molecule has 0 saturated carbocycles. The second-order valence-electron chi connectivity index (χ2n) is 2.93. The van der Waals surface area contributed by atoms with Crippen molar-refractivity contribution in [2.75, 3.05) is 26.2 Å². The molecule has 8 N–H and O–H groups in total. The van der Waals surface area contributed by atoms with Crippen molar-refractivity contribution in [1.82, 2.24) is 21.3 Å². The third-order valence-electron chi connectivity index (χ3n) is 1.35. The Bertz CT molecular complexity index is 286. The molecule has 0 aromatic heterocycles. The third kappa shape index (κ3) is 36.0. The Morgan fingerprint density at radius 2 is 0.682 bits per heavy atom. The first-order chi connectivity index (χ1) is 10.3. The summed E-state index contributed by atoms with van der Waals surface area (Å²) in [7, 11) is 0. The van der Waals surface area contributed by atoms with E-state index in [4.69, 9.17) is 20.4 Å². The molecule has 0 fully saturated rings. The maximum atomic E-state index is 9.76. The highest BCUT2D eigenvalue weighted by Gasteiger charge is 1.95. The molecule has 0 aromatic carbocycles. The van der Waals surface area contributed by atoms with Crippen molar-refractivity contribution in [3.63, 3.8) is 0 Å². The maximum absolute atomic E-state index is 9.76. The Labute approximate surface area is 125 Å². The number of nitrogens with one attached hydrogen (secondary N) is 4. The van der Waals surface area contributed by atoms with Gasteiger partial charge in [0.05, 0.1) is 0 Å². The van der Waals surface area contributed by atoms with Crippen LogP contribution in [0.25, 0.3) is 0 Å². The van der Waals surface area contributed by atoms with E-state index in [0.29, 0.717) is 0 Å². The molecule has 0 rings (SSSR count). The van der Waals surface area contributed by atoms with E-state index in [1.807, 2.05) is 21.3 Å². The Morgan fingerprint density at radius 3 is 0.773 bits per heavy atom. The van der Waals surface area contributed by atoms with Crippen LogP contribution in [0.1, 0.15) is 0 Å². The summed E-state index contributed by atoms with van der Waals surface area (Å²) in [6, 6.07) is 0. The van der Waals surface area contributed by atoms with Gasteiger partial charge >= 0.3 is 24.4 Å². The fourth-order valence-electron chi connectivity index (χ4n) is 0.678. The number of hydrogen-bond donors (Lipinski definition) is 8. The molecule has 4 amide bonds. The number of carboxylic acid groups (broad SMARTS) is 4. The van der Waals surface area contributed by atoms with Gasteiger partial charge in [-0.05, 0) is 0 Å². The topological polar surface area (TPSA) is 197 Å². The monoisotopic (exact) mass is 324 g/mol. The molecule has 0 radical (unpaired) electrons. The maximum Gasteiger partial charge on any atom is 0.404 e.